The maximum absolute atomic E-state index is 13.5. The van der Waals surface area contributed by atoms with Crippen molar-refractivity contribution < 1.29 is 24.6 Å². The monoisotopic (exact) mass is 476 g/mol. The highest BCUT2D eigenvalue weighted by Gasteiger charge is 2.67. The summed E-state index contributed by atoms with van der Waals surface area (Å²) in [5, 5.41) is 21.5. The summed E-state index contributed by atoms with van der Waals surface area (Å²) in [5.74, 6) is 0.0606. The quantitative estimate of drug-likeness (QED) is 0.578. The fourth-order valence-corrected chi connectivity index (χ4v) is 8.38. The van der Waals surface area contributed by atoms with Crippen molar-refractivity contribution in [3.05, 3.63) is 59.3 Å². The standard InChI is InChI=1S/C30H36O5/c1-28-14-12-20(32)16-19(28)10-11-22-24-13-15-30(35,26(34)18-31)29(24,2)17-23(27(22)28)21-8-6-4-3-5-7-9-25(21)33/h3-7,9,16,22,24,27,31,35H,8,10-15,17-18H2,1-2H3/b5-3-,6-4-,9-7?,23-21+/t22?,24?,27?,28-,29-,30-/m0/s1. The third-order valence-electron chi connectivity index (χ3n) is 10.2. The van der Waals surface area contributed by atoms with E-state index in [1.54, 1.807) is 12.2 Å². The second-order valence-corrected chi connectivity index (χ2v) is 11.7. The molecule has 5 rings (SSSR count). The van der Waals surface area contributed by atoms with Gasteiger partial charge in [0, 0.05) is 17.4 Å². The minimum atomic E-state index is -1.60. The fourth-order valence-electron chi connectivity index (χ4n) is 8.38. The zero-order valence-corrected chi connectivity index (χ0v) is 20.8. The Morgan fingerprint density at radius 1 is 1.06 bits per heavy atom. The molecule has 6 atom stereocenters. The lowest BCUT2D eigenvalue weighted by molar-refractivity contribution is -0.160. The SMILES string of the molecule is C[C@]12CCC(=O)C=C1CCC1C2/C(=C2\C/C=C\C=C/C=CC2=O)C[C@@]2(C)C1CC[C@]2(O)C(=O)CO. The summed E-state index contributed by atoms with van der Waals surface area (Å²) in [6.07, 6.45) is 17.9. The minimum Gasteiger partial charge on any atom is -0.388 e. The van der Waals surface area contributed by atoms with Gasteiger partial charge >= 0.3 is 0 Å². The molecule has 0 spiro atoms. The number of hydrogen-bond donors (Lipinski definition) is 2. The molecule has 3 saturated carbocycles. The maximum atomic E-state index is 13.5. The van der Waals surface area contributed by atoms with Gasteiger partial charge in [-0.15, -0.1) is 0 Å². The zero-order valence-electron chi connectivity index (χ0n) is 20.8. The van der Waals surface area contributed by atoms with Gasteiger partial charge < -0.3 is 10.2 Å². The van der Waals surface area contributed by atoms with Gasteiger partial charge in [-0.1, -0.05) is 55.4 Å². The molecule has 0 aromatic rings. The number of rotatable bonds is 2. The number of aliphatic hydroxyl groups excluding tert-OH is 1. The van der Waals surface area contributed by atoms with Gasteiger partial charge in [0.25, 0.3) is 0 Å². The second kappa shape index (κ2) is 8.63. The van der Waals surface area contributed by atoms with Gasteiger partial charge in [0.1, 0.15) is 12.2 Å². The minimum absolute atomic E-state index is 0.0291. The molecule has 0 radical (unpaired) electrons. The predicted octanol–water partition coefficient (Wildman–Crippen LogP) is 4.36. The first kappa shape index (κ1) is 24.3. The van der Waals surface area contributed by atoms with E-state index in [0.717, 1.165) is 36.8 Å². The Bertz CT molecular complexity index is 1120. The molecule has 5 aliphatic carbocycles. The Balaban J connectivity index is 1.72. The third kappa shape index (κ3) is 3.54. The van der Waals surface area contributed by atoms with Gasteiger partial charge in [0.05, 0.1) is 0 Å². The smallest absolute Gasteiger partial charge is 0.190 e. The van der Waals surface area contributed by atoms with Crippen LogP contribution in [0, 0.1) is 28.6 Å². The van der Waals surface area contributed by atoms with E-state index >= 15 is 0 Å². The van der Waals surface area contributed by atoms with E-state index in [1.807, 2.05) is 37.3 Å². The summed E-state index contributed by atoms with van der Waals surface area (Å²) in [6, 6.07) is 0. The topological polar surface area (TPSA) is 91.7 Å². The van der Waals surface area contributed by atoms with Gasteiger partial charge in [-0.3, -0.25) is 14.4 Å². The molecule has 0 bridgehead atoms. The van der Waals surface area contributed by atoms with Crippen LogP contribution >= 0.6 is 0 Å². The summed E-state index contributed by atoms with van der Waals surface area (Å²) >= 11 is 0. The van der Waals surface area contributed by atoms with Gasteiger partial charge in [-0.05, 0) is 80.3 Å². The van der Waals surface area contributed by atoms with Crippen molar-refractivity contribution in [1.82, 2.24) is 0 Å². The van der Waals surface area contributed by atoms with Crippen LogP contribution in [0.25, 0.3) is 0 Å². The normalized spacial score (nSPS) is 44.8. The van der Waals surface area contributed by atoms with Crippen molar-refractivity contribution in [3.63, 3.8) is 0 Å². The molecule has 5 nitrogen and oxygen atoms in total. The molecule has 5 aliphatic rings. The van der Waals surface area contributed by atoms with Crippen molar-refractivity contribution in [2.24, 2.45) is 28.6 Å². The first-order chi connectivity index (χ1) is 16.7. The molecule has 35 heavy (non-hydrogen) atoms. The van der Waals surface area contributed by atoms with E-state index in [2.05, 4.69) is 6.92 Å². The average molecular weight is 477 g/mol. The fraction of sp³-hybridized carbons (Fsp3) is 0.567. The van der Waals surface area contributed by atoms with Crippen LogP contribution in [0.2, 0.25) is 0 Å². The van der Waals surface area contributed by atoms with Crippen LogP contribution in [0.5, 0.6) is 0 Å². The van der Waals surface area contributed by atoms with Crippen LogP contribution in [0.1, 0.15) is 65.2 Å². The molecule has 0 aliphatic heterocycles. The number of fused-ring (bicyclic) bond motifs is 5. The van der Waals surface area contributed by atoms with Crippen LogP contribution in [0.4, 0.5) is 0 Å². The van der Waals surface area contributed by atoms with E-state index in [0.29, 0.717) is 25.7 Å². The molecular weight excluding hydrogens is 440 g/mol. The van der Waals surface area contributed by atoms with E-state index in [4.69, 9.17) is 0 Å². The van der Waals surface area contributed by atoms with Gasteiger partial charge in [0.15, 0.2) is 17.3 Å². The van der Waals surface area contributed by atoms with Crippen LogP contribution in [-0.2, 0) is 14.4 Å². The first-order valence-corrected chi connectivity index (χ1v) is 13.0. The van der Waals surface area contributed by atoms with E-state index in [9.17, 15) is 24.6 Å². The molecule has 3 fully saturated rings. The summed E-state index contributed by atoms with van der Waals surface area (Å²) < 4.78 is 0. The Morgan fingerprint density at radius 3 is 2.60 bits per heavy atom. The number of Topliss-reactive ketones (excluding diaryl/α,β-unsaturated/α-hetero) is 1. The highest BCUT2D eigenvalue weighted by Crippen LogP contribution is 2.69. The number of ketones is 3. The Hall–Kier alpha value is -2.37. The van der Waals surface area contributed by atoms with Crippen molar-refractivity contribution in [1.29, 1.82) is 0 Å². The van der Waals surface area contributed by atoms with E-state index in [-0.39, 0.29) is 34.7 Å². The van der Waals surface area contributed by atoms with E-state index in [1.165, 1.54) is 5.57 Å². The summed E-state index contributed by atoms with van der Waals surface area (Å²) in [4.78, 5) is 38.8. The molecule has 0 heterocycles. The molecular formula is C30H36O5. The Labute approximate surface area is 207 Å². The highest BCUT2D eigenvalue weighted by atomic mass is 16.3. The molecule has 0 aromatic carbocycles. The maximum Gasteiger partial charge on any atom is 0.190 e. The highest BCUT2D eigenvalue weighted by molar-refractivity contribution is 6.05. The van der Waals surface area contributed by atoms with Crippen LogP contribution in [0.3, 0.4) is 0 Å². The van der Waals surface area contributed by atoms with Crippen molar-refractivity contribution >= 4 is 17.3 Å². The first-order valence-electron chi connectivity index (χ1n) is 13.0. The molecule has 2 N–H and O–H groups in total. The van der Waals surface area contributed by atoms with Crippen molar-refractivity contribution in [2.75, 3.05) is 6.61 Å². The van der Waals surface area contributed by atoms with Gasteiger partial charge in [0.2, 0.25) is 0 Å². The lowest BCUT2D eigenvalue weighted by Crippen LogP contribution is -2.59. The molecule has 0 aromatic heterocycles. The number of allylic oxidation sites excluding steroid dienone is 9. The summed E-state index contributed by atoms with van der Waals surface area (Å²) in [6.45, 7) is 3.58. The lowest BCUT2D eigenvalue weighted by Gasteiger charge is -2.60. The largest absolute Gasteiger partial charge is 0.388 e. The second-order valence-electron chi connectivity index (χ2n) is 11.7. The number of carbonyl (C=O) groups excluding carboxylic acids is 3. The van der Waals surface area contributed by atoms with Crippen LogP contribution in [-0.4, -0.2) is 39.8 Å². The summed E-state index contributed by atoms with van der Waals surface area (Å²) in [5.41, 5.74) is 0.427. The number of aliphatic hydroxyl groups is 2. The molecule has 0 saturated heterocycles. The lowest BCUT2D eigenvalue weighted by atomic mass is 9.44. The molecule has 3 unspecified atom stereocenters. The Morgan fingerprint density at radius 2 is 1.83 bits per heavy atom. The zero-order chi connectivity index (χ0) is 25.0. The Kier molecular flexibility index (Phi) is 6.00. The van der Waals surface area contributed by atoms with Gasteiger partial charge in [-0.25, -0.2) is 0 Å². The van der Waals surface area contributed by atoms with Crippen molar-refractivity contribution in [3.8, 4) is 0 Å². The predicted molar refractivity (Wildman–Crippen MR) is 133 cm³/mol. The molecule has 186 valence electrons. The number of carbonyl (C=O) groups is 3. The van der Waals surface area contributed by atoms with Crippen LogP contribution in [0.15, 0.2) is 59.3 Å². The molecule has 0 amide bonds. The average Bonchev–Trinajstić information content (AvgIpc) is 3.16. The third-order valence-corrected chi connectivity index (χ3v) is 10.2. The number of hydrogen-bond acceptors (Lipinski definition) is 5. The van der Waals surface area contributed by atoms with Crippen LogP contribution < -0.4 is 0 Å². The summed E-state index contributed by atoms with van der Waals surface area (Å²) in [7, 11) is 0. The van der Waals surface area contributed by atoms with Gasteiger partial charge in [-0.2, -0.15) is 0 Å². The molecule has 5 heteroatoms. The van der Waals surface area contributed by atoms with Crippen molar-refractivity contribution in [2.45, 2.75) is 70.8 Å². The van der Waals surface area contributed by atoms with E-state index < -0.39 is 23.4 Å².